The van der Waals surface area contributed by atoms with Gasteiger partial charge in [-0.1, -0.05) is 54.1 Å². The van der Waals surface area contributed by atoms with Crippen LogP contribution in [-0.2, 0) is 13.8 Å². The van der Waals surface area contributed by atoms with Gasteiger partial charge in [0.1, 0.15) is 5.69 Å². The number of aromatic carboxylic acids is 1. The van der Waals surface area contributed by atoms with Crippen LogP contribution in [-0.4, -0.2) is 109 Å². The number of morpholine rings is 1. The molecule has 17 heteroatoms. The first-order chi connectivity index (χ1) is 33.9. The lowest BCUT2D eigenvalue weighted by Crippen LogP contribution is -2.46. The molecular weight excluding hydrogens is 945 g/mol. The Balaban J connectivity index is 0.887. The molecule has 2 unspecified atom stereocenters. The van der Waals surface area contributed by atoms with Crippen LogP contribution < -0.4 is 25.1 Å². The number of ether oxygens (including phenoxy) is 1. The number of hydrogen-bond acceptors (Lipinski definition) is 11. The normalized spacial score (nSPS) is 18.1. The molecule has 4 heterocycles. The van der Waals surface area contributed by atoms with Gasteiger partial charge in [0.2, 0.25) is 0 Å². The van der Waals surface area contributed by atoms with Crippen molar-refractivity contribution in [3.8, 4) is 22.4 Å². The summed E-state index contributed by atoms with van der Waals surface area (Å²) in [7, 11) is -3.69. The van der Waals surface area contributed by atoms with E-state index in [1.807, 2.05) is 85.8 Å². The maximum absolute atomic E-state index is 14.9. The van der Waals surface area contributed by atoms with Crippen LogP contribution >= 0.6 is 30.9 Å². The number of aromatic nitrogens is 1. The molecule has 0 spiro atoms. The number of benzene rings is 5. The number of carboxylic acids is 1. The molecular formula is C53H59ClN7O7PS. The van der Waals surface area contributed by atoms with Gasteiger partial charge in [0.25, 0.3) is 5.69 Å². The van der Waals surface area contributed by atoms with Gasteiger partial charge < -0.3 is 34.1 Å². The molecule has 0 aliphatic carbocycles. The van der Waals surface area contributed by atoms with E-state index >= 15 is 0 Å². The summed E-state index contributed by atoms with van der Waals surface area (Å²) >= 11 is 7.99. The summed E-state index contributed by atoms with van der Waals surface area (Å²) in [5, 5.41) is 27.6. The summed E-state index contributed by atoms with van der Waals surface area (Å²) < 4.78 is 30.3. The Labute approximate surface area is 418 Å². The van der Waals surface area contributed by atoms with Crippen molar-refractivity contribution in [3.63, 3.8) is 0 Å². The fourth-order valence-corrected chi connectivity index (χ4v) is 13.3. The summed E-state index contributed by atoms with van der Waals surface area (Å²) in [5.41, 5.74) is 7.27. The summed E-state index contributed by atoms with van der Waals surface area (Å²) in [4.78, 5) is 33.3. The largest absolute Gasteiger partial charge is 0.478 e. The zero-order valence-corrected chi connectivity index (χ0v) is 42.2. The molecule has 3 aliphatic heterocycles. The molecule has 0 bridgehead atoms. The summed E-state index contributed by atoms with van der Waals surface area (Å²) in [6, 6.07) is 38.6. The van der Waals surface area contributed by atoms with Crippen LogP contribution in [0.15, 0.2) is 126 Å². The second kappa shape index (κ2) is 21.7. The van der Waals surface area contributed by atoms with Gasteiger partial charge in [-0.05, 0) is 111 Å². The number of piperazine rings is 1. The number of nitro benzene ring substituents is 1. The van der Waals surface area contributed by atoms with Crippen LogP contribution in [0.2, 0.25) is 5.02 Å². The summed E-state index contributed by atoms with van der Waals surface area (Å²) in [6.45, 7) is 13.5. The van der Waals surface area contributed by atoms with Gasteiger partial charge in [-0.15, -0.1) is 11.8 Å². The van der Waals surface area contributed by atoms with Gasteiger partial charge in [-0.25, -0.2) is 4.79 Å². The number of rotatable bonds is 17. The third-order valence-electron chi connectivity index (χ3n) is 13.4. The molecule has 6 aromatic rings. The predicted octanol–water partition coefficient (Wildman–Crippen LogP) is 10.9. The monoisotopic (exact) mass is 1000 g/mol. The predicted molar refractivity (Wildman–Crippen MR) is 283 cm³/mol. The summed E-state index contributed by atoms with van der Waals surface area (Å²) in [6.07, 6.45) is 0.784. The number of halogens is 1. The van der Waals surface area contributed by atoms with E-state index in [0.29, 0.717) is 58.7 Å². The highest BCUT2D eigenvalue weighted by Crippen LogP contribution is 2.56. The minimum Gasteiger partial charge on any atom is -0.478 e. The second-order valence-electron chi connectivity index (χ2n) is 18.1. The molecule has 0 amide bonds. The zero-order valence-electron chi connectivity index (χ0n) is 39.7. The van der Waals surface area contributed by atoms with Crippen molar-refractivity contribution < 1.29 is 28.7 Å². The van der Waals surface area contributed by atoms with E-state index in [9.17, 15) is 24.6 Å². The average molecular weight is 1000 g/mol. The molecule has 9 rings (SSSR count). The van der Waals surface area contributed by atoms with Crippen LogP contribution in [0.25, 0.3) is 22.4 Å². The van der Waals surface area contributed by atoms with E-state index < -0.39 is 18.4 Å². The SMILES string of the molecule is Cc1c(C(=O)O)c(-c2cccc(N3CCN(c4ccc(N5CCOP5(=O)c5ccc(NC(CCN6CCOCC6)CSc6ccccc6)c([N+](=O)[O-])c5)cc4)CC3)c2)c(-c2ccc(Cl)cc2)n1C(C)C. The van der Waals surface area contributed by atoms with Crippen LogP contribution in [0.5, 0.6) is 0 Å². The zero-order chi connectivity index (χ0) is 48.9. The lowest BCUT2D eigenvalue weighted by molar-refractivity contribution is -0.383. The van der Waals surface area contributed by atoms with Crippen molar-refractivity contribution in [3.05, 3.63) is 148 Å². The van der Waals surface area contributed by atoms with Gasteiger partial charge in [-0.3, -0.25) is 24.2 Å². The van der Waals surface area contributed by atoms with E-state index in [1.54, 1.807) is 28.6 Å². The van der Waals surface area contributed by atoms with E-state index in [1.165, 1.54) is 6.07 Å². The number of hydrogen-bond donors (Lipinski definition) is 2. The van der Waals surface area contributed by atoms with Crippen LogP contribution in [0, 0.1) is 17.0 Å². The third kappa shape index (κ3) is 10.6. The van der Waals surface area contributed by atoms with Gasteiger partial charge in [-0.2, -0.15) is 0 Å². The van der Waals surface area contributed by atoms with Crippen molar-refractivity contribution in [2.75, 3.05) is 97.7 Å². The molecule has 0 radical (unpaired) electrons. The Morgan fingerprint density at radius 2 is 1.50 bits per heavy atom. The molecule has 3 saturated heterocycles. The van der Waals surface area contributed by atoms with Crippen molar-refractivity contribution in [1.29, 1.82) is 0 Å². The average Bonchev–Trinajstić information content (AvgIpc) is 3.93. The van der Waals surface area contributed by atoms with E-state index in [2.05, 4.69) is 62.7 Å². The van der Waals surface area contributed by atoms with Crippen LogP contribution in [0.3, 0.4) is 0 Å². The standard InChI is InChI=1S/C53H59ClN7O7PS/c1-37(2)60-38(3)50(53(62)63)51(52(60)39-12-14-41(54)15-13-39)40-8-7-9-45(34-40)58-26-24-57(25-27-58)43-16-18-44(19-17-43)59-30-33-68-69(59,66)46-20-21-48(49(35-46)61(64)65)55-42(22-23-56-28-31-67-32-29-56)36-70-47-10-5-4-6-11-47/h4-21,34-35,37,42,55H,22-33,36H2,1-3H3,(H,62,63). The van der Waals surface area contributed by atoms with Gasteiger partial charge in [0, 0.05) is 108 Å². The lowest BCUT2D eigenvalue weighted by Gasteiger charge is -2.37. The first kappa shape index (κ1) is 49.2. The fraction of sp³-hybridized carbons (Fsp3) is 0.340. The molecule has 2 atom stereocenters. The minimum atomic E-state index is -3.69. The Morgan fingerprint density at radius 1 is 0.814 bits per heavy atom. The molecule has 2 N–H and O–H groups in total. The molecule has 3 fully saturated rings. The minimum absolute atomic E-state index is 0.0188. The van der Waals surface area contributed by atoms with Crippen molar-refractivity contribution in [2.24, 2.45) is 0 Å². The van der Waals surface area contributed by atoms with Crippen LogP contribution in [0.4, 0.5) is 28.4 Å². The van der Waals surface area contributed by atoms with Gasteiger partial charge in [0.15, 0.2) is 0 Å². The Bertz CT molecular complexity index is 2850. The third-order valence-corrected chi connectivity index (χ3v) is 17.4. The second-order valence-corrected chi connectivity index (χ2v) is 22.0. The van der Waals surface area contributed by atoms with E-state index in [0.717, 1.165) is 85.3 Å². The molecule has 3 aliphatic rings. The maximum atomic E-state index is 14.9. The quantitative estimate of drug-likeness (QED) is 0.0387. The van der Waals surface area contributed by atoms with Crippen molar-refractivity contribution in [1.82, 2.24) is 9.47 Å². The van der Waals surface area contributed by atoms with Crippen LogP contribution in [0.1, 0.15) is 42.4 Å². The molecule has 366 valence electrons. The first-order valence-corrected chi connectivity index (χ1v) is 26.8. The number of thioether (sulfide) groups is 1. The fourth-order valence-electron chi connectivity index (χ4n) is 9.91. The Hall–Kier alpha value is -5.80. The lowest BCUT2D eigenvalue weighted by atomic mass is 9.96. The van der Waals surface area contributed by atoms with Gasteiger partial charge >= 0.3 is 13.5 Å². The highest BCUT2D eigenvalue weighted by molar-refractivity contribution is 7.99. The Morgan fingerprint density at radius 3 is 2.17 bits per heavy atom. The number of nitrogens with one attached hydrogen (secondary N) is 1. The molecule has 70 heavy (non-hydrogen) atoms. The highest BCUT2D eigenvalue weighted by Gasteiger charge is 2.41. The first-order valence-electron chi connectivity index (χ1n) is 23.9. The highest BCUT2D eigenvalue weighted by atomic mass is 35.5. The molecule has 1 aromatic heterocycles. The van der Waals surface area contributed by atoms with E-state index in [-0.39, 0.29) is 29.7 Å². The number of carboxylic acid groups (broad SMARTS) is 1. The number of nitro groups is 1. The smallest absolute Gasteiger partial charge is 0.338 e. The molecule has 14 nitrogen and oxygen atoms in total. The Kier molecular flexibility index (Phi) is 15.2. The van der Waals surface area contributed by atoms with Crippen molar-refractivity contribution >= 4 is 70.6 Å². The maximum Gasteiger partial charge on any atom is 0.338 e. The summed E-state index contributed by atoms with van der Waals surface area (Å²) in [5.74, 6) is -0.257. The molecule has 5 aromatic carbocycles. The number of anilines is 4. The van der Waals surface area contributed by atoms with E-state index in [4.69, 9.17) is 20.9 Å². The number of nitrogens with zero attached hydrogens (tertiary/aromatic N) is 6. The molecule has 0 saturated carbocycles. The van der Waals surface area contributed by atoms with Gasteiger partial charge in [0.05, 0.1) is 47.9 Å². The number of carbonyl (C=O) groups is 1. The van der Waals surface area contributed by atoms with Crippen molar-refractivity contribution in [2.45, 2.75) is 44.2 Å². The topological polar surface area (TPSA) is 146 Å².